The van der Waals surface area contributed by atoms with Crippen molar-refractivity contribution in [2.45, 2.75) is 29.6 Å². The topological polar surface area (TPSA) is 122 Å². The summed E-state index contributed by atoms with van der Waals surface area (Å²) in [5, 5.41) is 9.02. The SMILES string of the molecule is Nc1ccnc(-c2cnc(N3CC4(CC4)c4ccc(S(=O)(=O)CCCO)cc43)nc2)c1. The largest absolute Gasteiger partial charge is 0.399 e. The molecule has 0 amide bonds. The van der Waals surface area contributed by atoms with Gasteiger partial charge < -0.3 is 15.7 Å². The quantitative estimate of drug-likeness (QED) is 0.603. The van der Waals surface area contributed by atoms with Gasteiger partial charge in [0.2, 0.25) is 5.95 Å². The molecule has 0 bridgehead atoms. The average Bonchev–Trinajstić information content (AvgIpc) is 3.49. The average molecular weight is 438 g/mol. The fourth-order valence-electron chi connectivity index (χ4n) is 4.18. The number of benzene rings is 1. The number of anilines is 3. The molecule has 3 aromatic rings. The van der Waals surface area contributed by atoms with Crippen LogP contribution in [0.3, 0.4) is 0 Å². The Hall–Kier alpha value is -3.04. The predicted octanol–water partition coefficient (Wildman–Crippen LogP) is 2.46. The number of hydrogen-bond donors (Lipinski definition) is 2. The molecule has 1 aromatic carbocycles. The van der Waals surface area contributed by atoms with Crippen molar-refractivity contribution < 1.29 is 13.5 Å². The molecule has 3 N–H and O–H groups in total. The van der Waals surface area contributed by atoms with E-state index in [4.69, 9.17) is 10.8 Å². The highest BCUT2D eigenvalue weighted by Gasteiger charge is 2.52. The molecule has 0 unspecified atom stereocenters. The maximum absolute atomic E-state index is 12.7. The second-order valence-electron chi connectivity index (χ2n) is 8.19. The minimum Gasteiger partial charge on any atom is -0.399 e. The number of aliphatic hydroxyl groups excluding tert-OH is 1. The molecule has 0 radical (unpaired) electrons. The van der Waals surface area contributed by atoms with Crippen LogP contribution in [0.2, 0.25) is 0 Å². The lowest BCUT2D eigenvalue weighted by atomic mass is 9.99. The highest BCUT2D eigenvalue weighted by atomic mass is 32.2. The molecular weight excluding hydrogens is 414 g/mol. The number of nitrogens with zero attached hydrogens (tertiary/aromatic N) is 4. The van der Waals surface area contributed by atoms with Crippen molar-refractivity contribution in [2.75, 3.05) is 29.5 Å². The van der Waals surface area contributed by atoms with Crippen LogP contribution in [0, 0.1) is 0 Å². The minimum absolute atomic E-state index is 0.0557. The number of aliphatic hydroxyl groups is 1. The summed E-state index contributed by atoms with van der Waals surface area (Å²) >= 11 is 0. The van der Waals surface area contributed by atoms with Crippen molar-refractivity contribution >= 4 is 27.2 Å². The van der Waals surface area contributed by atoms with Gasteiger partial charge in [0.15, 0.2) is 9.84 Å². The summed E-state index contributed by atoms with van der Waals surface area (Å²) in [6, 6.07) is 8.84. The van der Waals surface area contributed by atoms with E-state index in [9.17, 15) is 8.42 Å². The molecule has 2 aromatic heterocycles. The van der Waals surface area contributed by atoms with Crippen LogP contribution in [-0.2, 0) is 15.3 Å². The fourth-order valence-corrected chi connectivity index (χ4v) is 5.49. The van der Waals surface area contributed by atoms with Gasteiger partial charge in [0.1, 0.15) is 0 Å². The van der Waals surface area contributed by atoms with E-state index in [-0.39, 0.29) is 29.1 Å². The monoisotopic (exact) mass is 437 g/mol. The van der Waals surface area contributed by atoms with Crippen molar-refractivity contribution in [1.82, 2.24) is 15.0 Å². The first-order valence-electron chi connectivity index (χ1n) is 10.2. The summed E-state index contributed by atoms with van der Waals surface area (Å²) in [6.45, 7) is 0.583. The zero-order valence-corrected chi connectivity index (χ0v) is 17.7. The molecule has 1 fully saturated rings. The third kappa shape index (κ3) is 3.53. The zero-order valence-electron chi connectivity index (χ0n) is 16.9. The third-order valence-corrected chi connectivity index (χ3v) is 7.83. The van der Waals surface area contributed by atoms with Gasteiger partial charge in [0.05, 0.1) is 16.3 Å². The molecule has 2 aliphatic rings. The first-order valence-corrected chi connectivity index (χ1v) is 11.9. The number of fused-ring (bicyclic) bond motifs is 2. The molecule has 0 saturated heterocycles. The van der Waals surface area contributed by atoms with Gasteiger partial charge in [-0.05, 0) is 49.1 Å². The first kappa shape index (κ1) is 19.9. The summed E-state index contributed by atoms with van der Waals surface area (Å²) in [5.74, 6) is 0.453. The van der Waals surface area contributed by atoms with E-state index in [2.05, 4.69) is 15.0 Å². The van der Waals surface area contributed by atoms with Crippen molar-refractivity contribution in [1.29, 1.82) is 0 Å². The summed E-state index contributed by atoms with van der Waals surface area (Å²) in [6.07, 6.45) is 7.42. The minimum atomic E-state index is -3.46. The molecule has 160 valence electrons. The van der Waals surface area contributed by atoms with Crippen LogP contribution in [-0.4, -0.2) is 47.4 Å². The van der Waals surface area contributed by atoms with Crippen LogP contribution in [0.4, 0.5) is 17.3 Å². The van der Waals surface area contributed by atoms with Gasteiger partial charge in [0.25, 0.3) is 0 Å². The molecular formula is C22H23N5O3S. The van der Waals surface area contributed by atoms with E-state index in [1.165, 1.54) is 0 Å². The molecule has 1 aliphatic carbocycles. The summed E-state index contributed by atoms with van der Waals surface area (Å²) in [4.78, 5) is 15.7. The molecule has 0 atom stereocenters. The number of nitrogen functional groups attached to an aromatic ring is 1. The number of hydrogen-bond acceptors (Lipinski definition) is 8. The van der Waals surface area contributed by atoms with Gasteiger partial charge in [-0.25, -0.2) is 18.4 Å². The molecule has 9 heteroatoms. The Morgan fingerprint density at radius 1 is 1.10 bits per heavy atom. The summed E-state index contributed by atoms with van der Waals surface area (Å²) in [5.41, 5.74) is 9.97. The zero-order chi connectivity index (χ0) is 21.6. The lowest BCUT2D eigenvalue weighted by Crippen LogP contribution is -2.21. The Morgan fingerprint density at radius 3 is 2.55 bits per heavy atom. The van der Waals surface area contributed by atoms with E-state index in [0.29, 0.717) is 17.3 Å². The van der Waals surface area contributed by atoms with Gasteiger partial charge in [0, 0.05) is 54.1 Å². The molecule has 8 nitrogen and oxygen atoms in total. The standard InChI is InChI=1S/C22H23N5O3S/c23-16-4-7-24-19(10-16)15-12-25-21(26-13-15)27-14-22(5-6-22)18-3-2-17(11-20(18)27)31(29,30)9-1-8-28/h2-4,7,10-13,28H,1,5-6,8-9,14H2,(H2,23,24). The molecule has 1 aliphatic heterocycles. The Labute approximate surface area is 180 Å². The second-order valence-corrected chi connectivity index (χ2v) is 10.3. The lowest BCUT2D eigenvalue weighted by molar-refractivity contribution is 0.295. The van der Waals surface area contributed by atoms with Crippen molar-refractivity contribution in [3.63, 3.8) is 0 Å². The number of rotatable bonds is 6. The van der Waals surface area contributed by atoms with Crippen LogP contribution in [0.5, 0.6) is 0 Å². The lowest BCUT2D eigenvalue weighted by Gasteiger charge is -2.18. The highest BCUT2D eigenvalue weighted by molar-refractivity contribution is 7.91. The van der Waals surface area contributed by atoms with Crippen LogP contribution >= 0.6 is 0 Å². The molecule has 1 saturated carbocycles. The maximum atomic E-state index is 12.7. The summed E-state index contributed by atoms with van der Waals surface area (Å²) in [7, 11) is -3.46. The van der Waals surface area contributed by atoms with E-state index in [0.717, 1.165) is 36.2 Å². The molecule has 5 rings (SSSR count). The van der Waals surface area contributed by atoms with Gasteiger partial charge in [-0.2, -0.15) is 0 Å². The third-order valence-electron chi connectivity index (χ3n) is 6.04. The van der Waals surface area contributed by atoms with Crippen LogP contribution in [0.25, 0.3) is 11.3 Å². The van der Waals surface area contributed by atoms with Gasteiger partial charge in [-0.15, -0.1) is 0 Å². The Balaban J connectivity index is 1.50. The second kappa shape index (κ2) is 7.28. The van der Waals surface area contributed by atoms with Crippen molar-refractivity contribution in [3.05, 3.63) is 54.5 Å². The van der Waals surface area contributed by atoms with Gasteiger partial charge in [-0.3, -0.25) is 4.98 Å². The maximum Gasteiger partial charge on any atom is 0.229 e. The fraction of sp³-hybridized carbons (Fsp3) is 0.318. The van der Waals surface area contributed by atoms with Crippen LogP contribution in [0.1, 0.15) is 24.8 Å². The van der Waals surface area contributed by atoms with Crippen LogP contribution < -0.4 is 10.6 Å². The number of nitrogens with two attached hydrogens (primary N) is 1. The predicted molar refractivity (Wildman–Crippen MR) is 118 cm³/mol. The number of pyridine rings is 1. The Kier molecular flexibility index (Phi) is 4.67. The van der Waals surface area contributed by atoms with Crippen molar-refractivity contribution in [2.24, 2.45) is 0 Å². The number of aromatic nitrogens is 3. The highest BCUT2D eigenvalue weighted by Crippen LogP contribution is 2.58. The van der Waals surface area contributed by atoms with E-state index in [1.807, 2.05) is 11.0 Å². The Morgan fingerprint density at radius 2 is 1.87 bits per heavy atom. The van der Waals surface area contributed by atoms with Gasteiger partial charge >= 0.3 is 0 Å². The van der Waals surface area contributed by atoms with E-state index in [1.54, 1.807) is 42.9 Å². The molecule has 1 spiro atoms. The van der Waals surface area contributed by atoms with Gasteiger partial charge in [-0.1, -0.05) is 6.07 Å². The number of sulfone groups is 1. The van der Waals surface area contributed by atoms with E-state index >= 15 is 0 Å². The molecule has 3 heterocycles. The smallest absolute Gasteiger partial charge is 0.229 e. The first-order chi connectivity index (χ1) is 14.9. The normalized spacial score (nSPS) is 16.5. The van der Waals surface area contributed by atoms with Crippen molar-refractivity contribution in [3.8, 4) is 11.3 Å². The molecule has 31 heavy (non-hydrogen) atoms. The van der Waals surface area contributed by atoms with E-state index < -0.39 is 9.84 Å². The summed E-state index contributed by atoms with van der Waals surface area (Å²) < 4.78 is 25.3. The van der Waals surface area contributed by atoms with Crippen LogP contribution in [0.15, 0.2) is 53.8 Å². The Bertz CT molecular complexity index is 1240.